The third-order valence-corrected chi connectivity index (χ3v) is 4.00. The van der Waals surface area contributed by atoms with Crippen LogP contribution in [0.15, 0.2) is 54.6 Å². The fourth-order valence-electron chi connectivity index (χ4n) is 2.79. The van der Waals surface area contributed by atoms with Crippen molar-refractivity contribution in [1.82, 2.24) is 4.98 Å². The fraction of sp³-hybridized carbons (Fsp3) is 0.190. The average Bonchev–Trinajstić information content (AvgIpc) is 2.66. The highest BCUT2D eigenvalue weighted by Crippen LogP contribution is 2.24. The summed E-state index contributed by atoms with van der Waals surface area (Å²) < 4.78 is 0. The van der Waals surface area contributed by atoms with Gasteiger partial charge in [0.1, 0.15) is 11.8 Å². The van der Waals surface area contributed by atoms with Crippen molar-refractivity contribution in [3.05, 3.63) is 65.9 Å². The second kappa shape index (κ2) is 8.13. The van der Waals surface area contributed by atoms with Crippen molar-refractivity contribution in [2.75, 3.05) is 10.6 Å². The number of nitrogens with zero attached hydrogens (tertiary/aromatic N) is 2. The Morgan fingerprint density at radius 1 is 1.15 bits per heavy atom. The van der Waals surface area contributed by atoms with E-state index in [1.807, 2.05) is 55.5 Å². The van der Waals surface area contributed by atoms with Crippen molar-refractivity contribution in [3.63, 3.8) is 0 Å². The lowest BCUT2D eigenvalue weighted by Gasteiger charge is -2.11. The monoisotopic (exact) mass is 344 g/mol. The molecular weight excluding hydrogens is 324 g/mol. The van der Waals surface area contributed by atoms with Crippen molar-refractivity contribution in [1.29, 1.82) is 5.26 Å². The van der Waals surface area contributed by atoms with Crippen LogP contribution in [0, 0.1) is 11.3 Å². The van der Waals surface area contributed by atoms with Gasteiger partial charge in [-0.2, -0.15) is 5.26 Å². The Hall–Kier alpha value is -3.39. The van der Waals surface area contributed by atoms with Gasteiger partial charge in [-0.3, -0.25) is 4.79 Å². The molecular formula is C21H20N4O. The molecule has 5 heteroatoms. The van der Waals surface area contributed by atoms with E-state index in [2.05, 4.69) is 21.7 Å². The van der Waals surface area contributed by atoms with E-state index in [0.29, 0.717) is 18.7 Å². The zero-order valence-corrected chi connectivity index (χ0v) is 14.6. The number of nitrogens with one attached hydrogen (secondary N) is 2. The van der Waals surface area contributed by atoms with Crippen LogP contribution in [-0.4, -0.2) is 10.9 Å². The highest BCUT2D eigenvalue weighted by atomic mass is 16.1. The van der Waals surface area contributed by atoms with Gasteiger partial charge in [0.15, 0.2) is 0 Å². The van der Waals surface area contributed by atoms with Gasteiger partial charge in [0, 0.05) is 29.7 Å². The predicted molar refractivity (Wildman–Crippen MR) is 104 cm³/mol. The summed E-state index contributed by atoms with van der Waals surface area (Å²) in [5.41, 5.74) is 3.87. The second-order valence-corrected chi connectivity index (χ2v) is 6.04. The van der Waals surface area contributed by atoms with E-state index in [-0.39, 0.29) is 5.91 Å². The molecule has 2 aromatic carbocycles. The van der Waals surface area contributed by atoms with Crippen LogP contribution in [0.1, 0.15) is 31.0 Å². The van der Waals surface area contributed by atoms with Gasteiger partial charge in [-0.05, 0) is 36.2 Å². The lowest BCUT2D eigenvalue weighted by molar-refractivity contribution is -0.116. The summed E-state index contributed by atoms with van der Waals surface area (Å²) in [5, 5.41) is 16.5. The van der Waals surface area contributed by atoms with Crippen molar-refractivity contribution >= 4 is 28.2 Å². The van der Waals surface area contributed by atoms with Gasteiger partial charge in [0.05, 0.1) is 5.52 Å². The van der Waals surface area contributed by atoms with Crippen molar-refractivity contribution in [2.45, 2.75) is 26.3 Å². The summed E-state index contributed by atoms with van der Waals surface area (Å²) >= 11 is 0. The fourth-order valence-corrected chi connectivity index (χ4v) is 2.79. The molecule has 0 aliphatic carbocycles. The summed E-state index contributed by atoms with van der Waals surface area (Å²) in [6.45, 7) is 2.56. The van der Waals surface area contributed by atoms with Gasteiger partial charge in [0.25, 0.3) is 0 Å². The summed E-state index contributed by atoms with van der Waals surface area (Å²) in [6, 6.07) is 19.3. The van der Waals surface area contributed by atoms with Gasteiger partial charge >= 0.3 is 0 Å². The molecule has 0 saturated heterocycles. The van der Waals surface area contributed by atoms with Crippen molar-refractivity contribution in [2.24, 2.45) is 0 Å². The number of nitriles is 1. The zero-order chi connectivity index (χ0) is 18.4. The molecule has 0 aliphatic heterocycles. The van der Waals surface area contributed by atoms with Gasteiger partial charge in [-0.15, -0.1) is 0 Å². The van der Waals surface area contributed by atoms with Gasteiger partial charge in [-0.1, -0.05) is 37.3 Å². The Balaban J connectivity index is 1.78. The Labute approximate surface area is 152 Å². The summed E-state index contributed by atoms with van der Waals surface area (Å²) in [7, 11) is 0. The van der Waals surface area contributed by atoms with Gasteiger partial charge in [0.2, 0.25) is 5.91 Å². The molecule has 0 aliphatic rings. The Bertz CT molecular complexity index is 975. The first kappa shape index (κ1) is 17.4. The molecule has 1 heterocycles. The number of rotatable bonds is 6. The smallest absolute Gasteiger partial charge is 0.224 e. The zero-order valence-electron chi connectivity index (χ0n) is 14.6. The number of benzene rings is 2. The van der Waals surface area contributed by atoms with Crippen LogP contribution in [0.5, 0.6) is 0 Å². The number of hydrogen-bond donors (Lipinski definition) is 2. The molecule has 2 N–H and O–H groups in total. The van der Waals surface area contributed by atoms with E-state index in [1.165, 1.54) is 0 Å². The molecule has 0 fully saturated rings. The molecule has 3 aromatic rings. The molecule has 130 valence electrons. The lowest BCUT2D eigenvalue weighted by atomic mass is 10.1. The molecule has 0 atom stereocenters. The van der Waals surface area contributed by atoms with E-state index in [9.17, 15) is 10.1 Å². The maximum Gasteiger partial charge on any atom is 0.224 e. The van der Waals surface area contributed by atoms with Crippen LogP contribution in [0.25, 0.3) is 10.9 Å². The summed E-state index contributed by atoms with van der Waals surface area (Å²) in [6.07, 6.45) is 1.34. The highest BCUT2D eigenvalue weighted by Gasteiger charge is 2.06. The van der Waals surface area contributed by atoms with Crippen molar-refractivity contribution < 1.29 is 4.79 Å². The molecule has 0 saturated carbocycles. The van der Waals surface area contributed by atoms with E-state index in [0.717, 1.165) is 34.3 Å². The molecule has 0 spiro atoms. The molecule has 26 heavy (non-hydrogen) atoms. The number of amides is 1. The minimum absolute atomic E-state index is 0.0244. The normalized spacial score (nSPS) is 10.3. The maximum atomic E-state index is 11.8. The molecule has 1 aromatic heterocycles. The number of pyridine rings is 1. The third kappa shape index (κ3) is 4.17. The maximum absolute atomic E-state index is 11.8. The Kier molecular flexibility index (Phi) is 5.45. The van der Waals surface area contributed by atoms with Crippen LogP contribution in [-0.2, 0) is 11.3 Å². The molecule has 5 nitrogen and oxygen atoms in total. The quantitative estimate of drug-likeness (QED) is 0.692. The minimum atomic E-state index is 0.0244. The van der Waals surface area contributed by atoms with E-state index in [1.54, 1.807) is 6.07 Å². The van der Waals surface area contributed by atoms with Crippen LogP contribution in [0.2, 0.25) is 0 Å². The first-order valence-electron chi connectivity index (χ1n) is 8.62. The average molecular weight is 344 g/mol. The summed E-state index contributed by atoms with van der Waals surface area (Å²) in [4.78, 5) is 16.1. The number of hydrogen-bond acceptors (Lipinski definition) is 4. The molecule has 0 radical (unpaired) electrons. The van der Waals surface area contributed by atoms with Crippen LogP contribution in [0.3, 0.4) is 0 Å². The predicted octanol–water partition coefficient (Wildman–Crippen LogP) is 4.46. The molecule has 0 bridgehead atoms. The second-order valence-electron chi connectivity index (χ2n) is 6.04. The molecule has 0 unspecified atom stereocenters. The third-order valence-electron chi connectivity index (χ3n) is 4.00. The van der Waals surface area contributed by atoms with E-state index in [4.69, 9.17) is 0 Å². The Morgan fingerprint density at radius 2 is 2.00 bits per heavy atom. The highest BCUT2D eigenvalue weighted by molar-refractivity contribution is 5.92. The number of anilines is 2. The molecule has 3 rings (SSSR count). The van der Waals surface area contributed by atoms with E-state index < -0.39 is 0 Å². The topological polar surface area (TPSA) is 77.8 Å². The molecule has 1 amide bonds. The summed E-state index contributed by atoms with van der Waals surface area (Å²) in [5.74, 6) is 0.0244. The number of fused-ring (bicyclic) bond motifs is 1. The van der Waals surface area contributed by atoms with E-state index >= 15 is 0 Å². The standard InChI is InChI=1S/C21H20N4O/c1-2-6-21(26)25-16-8-5-7-15(11-16)14-23-20-12-17(13-22)24-19-10-4-3-9-18(19)20/h3-5,7-12H,2,6,14H2,1H3,(H,23,24)(H,25,26). The number of aromatic nitrogens is 1. The van der Waals surface area contributed by atoms with Crippen LogP contribution in [0.4, 0.5) is 11.4 Å². The number of para-hydroxylation sites is 1. The number of carbonyl (C=O) groups is 1. The van der Waals surface area contributed by atoms with Gasteiger partial charge < -0.3 is 10.6 Å². The van der Waals surface area contributed by atoms with Gasteiger partial charge in [-0.25, -0.2) is 4.98 Å². The first-order chi connectivity index (χ1) is 12.7. The van der Waals surface area contributed by atoms with Crippen molar-refractivity contribution in [3.8, 4) is 6.07 Å². The number of carbonyl (C=O) groups excluding carboxylic acids is 1. The SMILES string of the molecule is CCCC(=O)Nc1cccc(CNc2cc(C#N)nc3ccccc23)c1. The van der Waals surface area contributed by atoms with Crippen LogP contribution >= 0.6 is 0 Å². The first-order valence-corrected chi connectivity index (χ1v) is 8.62. The van der Waals surface area contributed by atoms with Crippen LogP contribution < -0.4 is 10.6 Å². The Morgan fingerprint density at radius 3 is 2.81 bits per heavy atom. The largest absolute Gasteiger partial charge is 0.380 e. The minimum Gasteiger partial charge on any atom is -0.380 e. The lowest BCUT2D eigenvalue weighted by Crippen LogP contribution is -2.11.